The molecule has 2 rings (SSSR count). The number of hydrazine groups is 1. The Morgan fingerprint density at radius 3 is 2.47 bits per heavy atom. The average molecular weight is 299 g/mol. The molecule has 0 aliphatic carbocycles. The molecule has 0 aromatic heterocycles. The van der Waals surface area contributed by atoms with Gasteiger partial charge in [0.05, 0.1) is 17.6 Å². The van der Waals surface area contributed by atoms with Gasteiger partial charge in [-0.05, 0) is 11.5 Å². The number of carbonyl (C=O) groups excluding carboxylic acids is 1. The molecule has 102 valence electrons. The van der Waals surface area contributed by atoms with Gasteiger partial charge in [-0.3, -0.25) is 9.80 Å². The highest BCUT2D eigenvalue weighted by Crippen LogP contribution is 2.37. The number of carbonyl (C=O) groups is 1. The van der Waals surface area contributed by atoms with Crippen molar-refractivity contribution >= 4 is 29.7 Å². The summed E-state index contributed by atoms with van der Waals surface area (Å²) in [4.78, 5) is 11.3. The molecule has 0 saturated heterocycles. The second kappa shape index (κ2) is 5.95. The van der Waals surface area contributed by atoms with E-state index in [1.165, 1.54) is 4.53 Å². The predicted molar refractivity (Wildman–Crippen MR) is 77.2 cm³/mol. The number of hydrogen-bond donors (Lipinski definition) is 0. The lowest BCUT2D eigenvalue weighted by molar-refractivity contribution is -0.107. The van der Waals surface area contributed by atoms with Crippen molar-refractivity contribution in [2.75, 3.05) is 0 Å². The van der Waals surface area contributed by atoms with Crippen molar-refractivity contribution in [3.05, 3.63) is 46.6 Å². The van der Waals surface area contributed by atoms with Crippen molar-refractivity contribution in [1.82, 2.24) is 9.54 Å². The van der Waals surface area contributed by atoms with Crippen LogP contribution in [-0.4, -0.2) is 21.9 Å². The number of hydrogen-bond acceptors (Lipinski definition) is 3. The van der Waals surface area contributed by atoms with Crippen LogP contribution in [0.5, 0.6) is 0 Å². The van der Waals surface area contributed by atoms with E-state index in [9.17, 15) is 4.79 Å². The molecule has 0 amide bonds. The molecule has 1 aromatic carbocycles. The van der Waals surface area contributed by atoms with Crippen molar-refractivity contribution < 1.29 is 4.79 Å². The van der Waals surface area contributed by atoms with E-state index in [1.54, 1.807) is 5.01 Å². The first-order valence-corrected chi connectivity index (χ1v) is 6.89. The molecule has 0 saturated carbocycles. The Balaban J connectivity index is 2.28. The summed E-state index contributed by atoms with van der Waals surface area (Å²) in [7, 11) is 0. The molecule has 1 atom stereocenters. The fraction of sp³-hybridized carbons (Fsp3) is 0.357. The van der Waals surface area contributed by atoms with E-state index in [4.69, 9.17) is 23.4 Å². The number of aldehydes is 1. The van der Waals surface area contributed by atoms with Gasteiger partial charge in [0.25, 0.3) is 0 Å². The van der Waals surface area contributed by atoms with Gasteiger partial charge in [-0.2, -0.15) is 0 Å². The standard InChI is InChI=1S/C14H16Cl2N2O/c1-10(2)14-13(15)12(9-19)17(18(14)16)8-11-6-4-3-5-7-11/h3-7,9-10,14H,8H2,1-2H3. The summed E-state index contributed by atoms with van der Waals surface area (Å²) in [6, 6.07) is 9.68. The molecule has 1 aliphatic heterocycles. The van der Waals surface area contributed by atoms with Gasteiger partial charge in [0.1, 0.15) is 5.70 Å². The Morgan fingerprint density at radius 1 is 1.32 bits per heavy atom. The number of nitrogens with zero attached hydrogens (tertiary/aromatic N) is 2. The summed E-state index contributed by atoms with van der Waals surface area (Å²) in [5.41, 5.74) is 1.51. The quantitative estimate of drug-likeness (QED) is 0.627. The maximum Gasteiger partial charge on any atom is 0.168 e. The maximum atomic E-state index is 11.3. The van der Waals surface area contributed by atoms with E-state index < -0.39 is 0 Å². The first-order chi connectivity index (χ1) is 9.06. The Kier molecular flexibility index (Phi) is 4.50. The molecule has 1 heterocycles. The molecule has 0 fully saturated rings. The van der Waals surface area contributed by atoms with Crippen LogP contribution in [0, 0.1) is 5.92 Å². The number of halogens is 2. The van der Waals surface area contributed by atoms with E-state index >= 15 is 0 Å². The highest BCUT2D eigenvalue weighted by Gasteiger charge is 2.39. The maximum absolute atomic E-state index is 11.3. The number of allylic oxidation sites excluding steroid dienone is 1. The summed E-state index contributed by atoms with van der Waals surface area (Å²) < 4.78 is 1.53. The van der Waals surface area contributed by atoms with Crippen molar-refractivity contribution in [2.45, 2.75) is 26.4 Å². The molecule has 1 aromatic rings. The van der Waals surface area contributed by atoms with Crippen LogP contribution in [0.2, 0.25) is 0 Å². The van der Waals surface area contributed by atoms with E-state index in [0.29, 0.717) is 17.3 Å². The summed E-state index contributed by atoms with van der Waals surface area (Å²) >= 11 is 12.6. The molecule has 0 radical (unpaired) electrons. The third-order valence-corrected chi connectivity index (χ3v) is 3.97. The van der Waals surface area contributed by atoms with Gasteiger partial charge < -0.3 is 0 Å². The molecule has 19 heavy (non-hydrogen) atoms. The van der Waals surface area contributed by atoms with E-state index in [-0.39, 0.29) is 12.0 Å². The Labute approximate surface area is 123 Å². The van der Waals surface area contributed by atoms with E-state index in [1.807, 2.05) is 44.2 Å². The zero-order valence-electron chi connectivity index (χ0n) is 10.9. The van der Waals surface area contributed by atoms with Crippen LogP contribution in [-0.2, 0) is 11.3 Å². The van der Waals surface area contributed by atoms with Gasteiger partial charge in [-0.15, -0.1) is 4.53 Å². The van der Waals surface area contributed by atoms with E-state index in [0.717, 1.165) is 11.8 Å². The fourth-order valence-corrected chi connectivity index (χ4v) is 3.18. The van der Waals surface area contributed by atoms with Crippen molar-refractivity contribution in [1.29, 1.82) is 0 Å². The second-order valence-corrected chi connectivity index (χ2v) is 5.63. The minimum Gasteiger partial charge on any atom is -0.296 e. The summed E-state index contributed by atoms with van der Waals surface area (Å²) in [5.74, 6) is 0.223. The van der Waals surface area contributed by atoms with Gasteiger partial charge in [-0.1, -0.05) is 55.8 Å². The largest absolute Gasteiger partial charge is 0.296 e. The smallest absolute Gasteiger partial charge is 0.168 e. The molecule has 5 heteroatoms. The Hall–Kier alpha value is -1.03. The Morgan fingerprint density at radius 2 is 1.95 bits per heavy atom. The van der Waals surface area contributed by atoms with Crippen LogP contribution >= 0.6 is 23.4 Å². The molecule has 0 spiro atoms. The van der Waals surface area contributed by atoms with Gasteiger partial charge in [-0.25, -0.2) is 0 Å². The normalized spacial score (nSPS) is 20.5. The molecule has 1 unspecified atom stereocenters. The minimum absolute atomic E-state index is 0.160. The van der Waals surface area contributed by atoms with E-state index in [2.05, 4.69) is 0 Å². The lowest BCUT2D eigenvalue weighted by atomic mass is 10.1. The molecule has 0 bridgehead atoms. The van der Waals surface area contributed by atoms with Crippen molar-refractivity contribution in [3.8, 4) is 0 Å². The van der Waals surface area contributed by atoms with Crippen LogP contribution in [0.25, 0.3) is 0 Å². The van der Waals surface area contributed by atoms with Crippen LogP contribution in [0.4, 0.5) is 0 Å². The third kappa shape index (κ3) is 2.78. The predicted octanol–water partition coefficient (Wildman–Crippen LogP) is 3.55. The van der Waals surface area contributed by atoms with Crippen LogP contribution in [0.3, 0.4) is 0 Å². The average Bonchev–Trinajstić information content (AvgIpc) is 2.62. The van der Waals surface area contributed by atoms with Crippen LogP contribution in [0.1, 0.15) is 19.4 Å². The number of benzene rings is 1. The zero-order chi connectivity index (χ0) is 14.0. The van der Waals surface area contributed by atoms with Gasteiger partial charge >= 0.3 is 0 Å². The molecular weight excluding hydrogens is 283 g/mol. The van der Waals surface area contributed by atoms with Crippen LogP contribution < -0.4 is 0 Å². The molecular formula is C14H16Cl2N2O. The third-order valence-electron chi connectivity index (χ3n) is 3.16. The van der Waals surface area contributed by atoms with Gasteiger partial charge in [0.2, 0.25) is 0 Å². The van der Waals surface area contributed by atoms with Crippen LogP contribution in [0.15, 0.2) is 41.1 Å². The highest BCUT2D eigenvalue weighted by atomic mass is 35.5. The fourth-order valence-electron chi connectivity index (χ4n) is 2.19. The SMILES string of the molecule is CC(C)C1C(Cl)=C(C=O)N(Cc2ccccc2)N1Cl. The topological polar surface area (TPSA) is 23.6 Å². The summed E-state index contributed by atoms with van der Waals surface area (Å²) in [6.07, 6.45) is 0.767. The summed E-state index contributed by atoms with van der Waals surface area (Å²) in [5, 5.41) is 2.23. The molecule has 1 aliphatic rings. The first-order valence-electron chi connectivity index (χ1n) is 6.17. The van der Waals surface area contributed by atoms with Crippen molar-refractivity contribution in [2.24, 2.45) is 5.92 Å². The second-order valence-electron chi connectivity index (χ2n) is 4.87. The monoisotopic (exact) mass is 298 g/mol. The summed E-state index contributed by atoms with van der Waals surface area (Å²) in [6.45, 7) is 4.57. The number of rotatable bonds is 4. The lowest BCUT2D eigenvalue weighted by Gasteiger charge is -2.30. The molecule has 0 N–H and O–H groups in total. The molecule has 3 nitrogen and oxygen atoms in total. The lowest BCUT2D eigenvalue weighted by Crippen LogP contribution is -2.37. The van der Waals surface area contributed by atoms with Gasteiger partial charge in [0, 0.05) is 11.8 Å². The Bertz CT molecular complexity index is 487. The first kappa shape index (κ1) is 14.4. The minimum atomic E-state index is -0.160. The highest BCUT2D eigenvalue weighted by molar-refractivity contribution is 6.32. The van der Waals surface area contributed by atoms with Crippen molar-refractivity contribution in [3.63, 3.8) is 0 Å². The van der Waals surface area contributed by atoms with Gasteiger partial charge in [0.15, 0.2) is 6.29 Å². The zero-order valence-corrected chi connectivity index (χ0v) is 12.4.